The molecule has 0 aromatic rings. The number of carbonyl (C=O) groups is 1. The minimum Gasteiger partial charge on any atom is -0.340 e. The van der Waals surface area contributed by atoms with Crippen molar-refractivity contribution >= 4 is 5.91 Å². The van der Waals surface area contributed by atoms with Gasteiger partial charge >= 0.3 is 0 Å². The molecule has 0 spiro atoms. The van der Waals surface area contributed by atoms with Crippen molar-refractivity contribution in [3.8, 4) is 0 Å². The fraction of sp³-hybridized carbons (Fsp3) is 0.923. The Balaban J connectivity index is 1.81. The monoisotopic (exact) mass is 224 g/mol. The van der Waals surface area contributed by atoms with Gasteiger partial charge < -0.3 is 4.90 Å². The van der Waals surface area contributed by atoms with Gasteiger partial charge in [-0.2, -0.15) is 0 Å². The van der Waals surface area contributed by atoms with E-state index in [2.05, 4.69) is 11.8 Å². The third kappa shape index (κ3) is 2.76. The molecule has 3 nitrogen and oxygen atoms in total. The molecule has 16 heavy (non-hydrogen) atoms. The number of hydrogen-bond donors (Lipinski definition) is 0. The van der Waals surface area contributed by atoms with Crippen LogP contribution in [0.15, 0.2) is 0 Å². The van der Waals surface area contributed by atoms with Gasteiger partial charge in [0.25, 0.3) is 0 Å². The molecule has 0 unspecified atom stereocenters. The highest BCUT2D eigenvalue weighted by molar-refractivity contribution is 5.73. The Morgan fingerprint density at radius 2 is 1.81 bits per heavy atom. The van der Waals surface area contributed by atoms with Crippen molar-refractivity contribution in [2.45, 2.75) is 45.6 Å². The summed E-state index contributed by atoms with van der Waals surface area (Å²) in [5.41, 5.74) is 0. The summed E-state index contributed by atoms with van der Waals surface area (Å²) in [4.78, 5) is 15.8. The summed E-state index contributed by atoms with van der Waals surface area (Å²) in [5, 5.41) is 0. The van der Waals surface area contributed by atoms with E-state index in [1.807, 2.05) is 4.90 Å². The molecule has 0 bridgehead atoms. The third-order valence-corrected chi connectivity index (χ3v) is 4.18. The molecule has 0 aromatic carbocycles. The Bertz CT molecular complexity index is 246. The number of hydrogen-bond acceptors (Lipinski definition) is 2. The van der Waals surface area contributed by atoms with Gasteiger partial charge in [-0.1, -0.05) is 19.8 Å². The van der Waals surface area contributed by atoms with E-state index in [4.69, 9.17) is 0 Å². The second-order valence-corrected chi connectivity index (χ2v) is 5.47. The first kappa shape index (κ1) is 11.9. The molecular weight excluding hydrogens is 200 g/mol. The first-order valence-corrected chi connectivity index (χ1v) is 6.66. The van der Waals surface area contributed by atoms with Crippen LogP contribution in [0.2, 0.25) is 0 Å². The number of amides is 1. The van der Waals surface area contributed by atoms with Gasteiger partial charge in [-0.25, -0.2) is 0 Å². The Kier molecular flexibility index (Phi) is 3.85. The smallest absolute Gasteiger partial charge is 0.219 e. The Morgan fingerprint density at radius 1 is 1.12 bits per heavy atom. The predicted octanol–water partition coefficient (Wildman–Crippen LogP) is 1.73. The van der Waals surface area contributed by atoms with Crippen molar-refractivity contribution < 1.29 is 4.79 Å². The summed E-state index contributed by atoms with van der Waals surface area (Å²) in [5.74, 6) is 1.13. The summed E-state index contributed by atoms with van der Waals surface area (Å²) in [7, 11) is 0. The maximum atomic E-state index is 11.2. The standard InChI is InChI=1S/C13H24N2O/c1-11-4-3-5-13(10-11)15-8-6-14(7-9-15)12(2)16/h11,13H,3-10H2,1-2H3/t11-,13+/m0/s1. The van der Waals surface area contributed by atoms with Crippen LogP contribution in [-0.4, -0.2) is 47.9 Å². The molecule has 2 aliphatic rings. The van der Waals surface area contributed by atoms with E-state index >= 15 is 0 Å². The number of piperazine rings is 1. The van der Waals surface area contributed by atoms with E-state index < -0.39 is 0 Å². The lowest BCUT2D eigenvalue weighted by atomic mass is 9.86. The van der Waals surface area contributed by atoms with Crippen LogP contribution >= 0.6 is 0 Å². The van der Waals surface area contributed by atoms with Crippen molar-refractivity contribution in [2.75, 3.05) is 26.2 Å². The van der Waals surface area contributed by atoms with Crippen molar-refractivity contribution in [1.29, 1.82) is 0 Å². The zero-order valence-corrected chi connectivity index (χ0v) is 10.6. The number of carbonyl (C=O) groups excluding carboxylic acids is 1. The third-order valence-electron chi connectivity index (χ3n) is 4.18. The highest BCUT2D eigenvalue weighted by Gasteiger charge is 2.27. The second kappa shape index (κ2) is 5.17. The van der Waals surface area contributed by atoms with Crippen LogP contribution in [-0.2, 0) is 4.79 Å². The molecule has 1 amide bonds. The SMILES string of the molecule is CC(=O)N1CCN([C@@H]2CCC[C@H](C)C2)CC1. The average Bonchev–Trinajstić information content (AvgIpc) is 2.29. The molecule has 2 atom stereocenters. The Morgan fingerprint density at radius 3 is 2.38 bits per heavy atom. The van der Waals surface area contributed by atoms with E-state index in [9.17, 15) is 4.79 Å². The maximum Gasteiger partial charge on any atom is 0.219 e. The fourth-order valence-electron chi connectivity index (χ4n) is 3.14. The van der Waals surface area contributed by atoms with Gasteiger partial charge in [0.2, 0.25) is 5.91 Å². The molecule has 1 saturated carbocycles. The lowest BCUT2D eigenvalue weighted by Gasteiger charge is -2.41. The summed E-state index contributed by atoms with van der Waals surface area (Å²) in [6.45, 7) is 8.07. The van der Waals surface area contributed by atoms with Gasteiger partial charge in [0, 0.05) is 39.1 Å². The first-order chi connectivity index (χ1) is 7.66. The van der Waals surface area contributed by atoms with Crippen molar-refractivity contribution in [2.24, 2.45) is 5.92 Å². The topological polar surface area (TPSA) is 23.6 Å². The average molecular weight is 224 g/mol. The highest BCUT2D eigenvalue weighted by atomic mass is 16.2. The minimum absolute atomic E-state index is 0.233. The normalized spacial score (nSPS) is 32.8. The first-order valence-electron chi connectivity index (χ1n) is 6.66. The van der Waals surface area contributed by atoms with Crippen molar-refractivity contribution in [3.05, 3.63) is 0 Å². The zero-order chi connectivity index (χ0) is 11.5. The van der Waals surface area contributed by atoms with Crippen LogP contribution < -0.4 is 0 Å². The molecule has 1 heterocycles. The van der Waals surface area contributed by atoms with E-state index in [0.717, 1.165) is 38.1 Å². The summed E-state index contributed by atoms with van der Waals surface area (Å²) in [6.07, 6.45) is 5.52. The molecule has 0 radical (unpaired) electrons. The van der Waals surface area contributed by atoms with Crippen LogP contribution in [0.25, 0.3) is 0 Å². The van der Waals surface area contributed by atoms with E-state index in [0.29, 0.717) is 0 Å². The quantitative estimate of drug-likeness (QED) is 0.677. The van der Waals surface area contributed by atoms with Gasteiger partial charge in [0.1, 0.15) is 0 Å². The van der Waals surface area contributed by atoms with Crippen LogP contribution in [0.4, 0.5) is 0 Å². The molecule has 1 saturated heterocycles. The number of nitrogens with zero attached hydrogens (tertiary/aromatic N) is 2. The van der Waals surface area contributed by atoms with Gasteiger partial charge in [-0.05, 0) is 18.8 Å². The van der Waals surface area contributed by atoms with Gasteiger partial charge in [-0.15, -0.1) is 0 Å². The predicted molar refractivity (Wildman–Crippen MR) is 65.2 cm³/mol. The molecule has 1 aliphatic heterocycles. The number of rotatable bonds is 1. The molecule has 2 fully saturated rings. The largest absolute Gasteiger partial charge is 0.340 e. The van der Waals surface area contributed by atoms with Gasteiger partial charge in [-0.3, -0.25) is 9.69 Å². The van der Waals surface area contributed by atoms with Gasteiger partial charge in [0.05, 0.1) is 0 Å². The molecule has 0 N–H and O–H groups in total. The van der Waals surface area contributed by atoms with E-state index in [1.54, 1.807) is 6.92 Å². The van der Waals surface area contributed by atoms with Gasteiger partial charge in [0.15, 0.2) is 0 Å². The molecule has 0 aromatic heterocycles. The molecule has 92 valence electrons. The Labute approximate surface area is 98.8 Å². The van der Waals surface area contributed by atoms with Crippen LogP contribution in [0.5, 0.6) is 0 Å². The molecule has 3 heteroatoms. The lowest BCUT2D eigenvalue weighted by molar-refractivity contribution is -0.131. The minimum atomic E-state index is 0.233. The van der Waals surface area contributed by atoms with Crippen molar-refractivity contribution in [1.82, 2.24) is 9.80 Å². The molecule has 1 aliphatic carbocycles. The van der Waals surface area contributed by atoms with E-state index in [-0.39, 0.29) is 5.91 Å². The van der Waals surface area contributed by atoms with Crippen LogP contribution in [0.1, 0.15) is 39.5 Å². The summed E-state index contributed by atoms with van der Waals surface area (Å²) >= 11 is 0. The Hall–Kier alpha value is -0.570. The highest BCUT2D eigenvalue weighted by Crippen LogP contribution is 2.27. The van der Waals surface area contributed by atoms with Crippen LogP contribution in [0.3, 0.4) is 0 Å². The fourth-order valence-corrected chi connectivity index (χ4v) is 3.14. The summed E-state index contributed by atoms with van der Waals surface area (Å²) in [6, 6.07) is 0.790. The van der Waals surface area contributed by atoms with Crippen LogP contribution in [0, 0.1) is 5.92 Å². The molecule has 2 rings (SSSR count). The maximum absolute atomic E-state index is 11.2. The summed E-state index contributed by atoms with van der Waals surface area (Å²) < 4.78 is 0. The lowest BCUT2D eigenvalue weighted by Crippen LogP contribution is -2.52. The zero-order valence-electron chi connectivity index (χ0n) is 10.6. The molecular formula is C13H24N2O. The second-order valence-electron chi connectivity index (χ2n) is 5.47. The van der Waals surface area contributed by atoms with E-state index in [1.165, 1.54) is 25.7 Å². The van der Waals surface area contributed by atoms with Crippen molar-refractivity contribution in [3.63, 3.8) is 0 Å².